The summed E-state index contributed by atoms with van der Waals surface area (Å²) in [6.07, 6.45) is 10.9. The van der Waals surface area contributed by atoms with Crippen LogP contribution in [-0.2, 0) is 4.74 Å². The predicted molar refractivity (Wildman–Crippen MR) is 120 cm³/mol. The van der Waals surface area contributed by atoms with E-state index in [1.807, 2.05) is 17.1 Å². The summed E-state index contributed by atoms with van der Waals surface area (Å²) in [4.78, 5) is 5.24. The van der Waals surface area contributed by atoms with E-state index < -0.39 is 0 Å². The van der Waals surface area contributed by atoms with E-state index in [2.05, 4.69) is 49.9 Å². The van der Waals surface area contributed by atoms with Gasteiger partial charge in [0.1, 0.15) is 5.69 Å². The van der Waals surface area contributed by atoms with Gasteiger partial charge in [0.05, 0.1) is 59.6 Å². The first kappa shape index (κ1) is 18.5. The highest BCUT2D eigenvalue weighted by Gasteiger charge is 2.51. The van der Waals surface area contributed by atoms with Crippen LogP contribution in [0.15, 0.2) is 30.7 Å². The van der Waals surface area contributed by atoms with Gasteiger partial charge in [0.2, 0.25) is 0 Å². The average molecular weight is 439 g/mol. The topological polar surface area (TPSA) is 51.3 Å². The summed E-state index contributed by atoms with van der Waals surface area (Å²) in [6, 6.07) is 5.99. The molecule has 7 rings (SSSR count). The number of piperazine rings is 1. The van der Waals surface area contributed by atoms with Gasteiger partial charge in [-0.15, -0.1) is 0 Å². The number of aromatic nitrogens is 4. The molecular formula is C23H27ClN6O. The van der Waals surface area contributed by atoms with Gasteiger partial charge >= 0.3 is 0 Å². The molecule has 1 unspecified atom stereocenters. The van der Waals surface area contributed by atoms with Crippen LogP contribution in [0.25, 0.3) is 16.6 Å². The number of nitrogens with zero attached hydrogens (tertiary/aromatic N) is 6. The van der Waals surface area contributed by atoms with Crippen molar-refractivity contribution >= 4 is 28.2 Å². The number of ether oxygens (including phenoxy) is 1. The third-order valence-corrected chi connectivity index (χ3v) is 8.11. The molecule has 8 heteroatoms. The van der Waals surface area contributed by atoms with Crippen LogP contribution in [-0.4, -0.2) is 68.4 Å². The molecule has 2 aliphatic carbocycles. The first-order valence-electron chi connectivity index (χ1n) is 11.4. The lowest BCUT2D eigenvalue weighted by Gasteiger charge is -2.61. The minimum absolute atomic E-state index is 0.212. The normalized spacial score (nSPS) is 27.7. The van der Waals surface area contributed by atoms with Crippen molar-refractivity contribution in [1.82, 2.24) is 24.5 Å². The second-order valence-electron chi connectivity index (χ2n) is 9.92. The molecule has 0 N–H and O–H groups in total. The molecule has 0 amide bonds. The van der Waals surface area contributed by atoms with E-state index in [9.17, 15) is 0 Å². The summed E-state index contributed by atoms with van der Waals surface area (Å²) in [7, 11) is 0. The minimum atomic E-state index is 0.212. The smallest absolute Gasteiger partial charge is 0.103 e. The van der Waals surface area contributed by atoms with Crippen molar-refractivity contribution in [1.29, 1.82) is 0 Å². The third-order valence-electron chi connectivity index (χ3n) is 7.80. The maximum atomic E-state index is 6.82. The molecule has 2 aliphatic heterocycles. The van der Waals surface area contributed by atoms with Gasteiger partial charge in [0.15, 0.2) is 0 Å². The predicted octanol–water partition coefficient (Wildman–Crippen LogP) is 3.65. The van der Waals surface area contributed by atoms with Crippen molar-refractivity contribution in [2.24, 2.45) is 0 Å². The number of rotatable bonds is 4. The molecule has 0 bridgehead atoms. The van der Waals surface area contributed by atoms with Crippen molar-refractivity contribution in [3.63, 3.8) is 0 Å². The first-order valence-corrected chi connectivity index (χ1v) is 11.8. The number of fused-ring (bicyclic) bond motifs is 2. The Morgan fingerprint density at radius 3 is 2.58 bits per heavy atom. The second kappa shape index (κ2) is 6.47. The van der Waals surface area contributed by atoms with Crippen LogP contribution < -0.4 is 4.90 Å². The highest BCUT2D eigenvalue weighted by molar-refractivity contribution is 6.34. The number of hydrogen-bond acceptors (Lipinski definition) is 5. The van der Waals surface area contributed by atoms with E-state index in [0.717, 1.165) is 53.6 Å². The molecule has 0 radical (unpaired) electrons. The zero-order valence-corrected chi connectivity index (χ0v) is 18.5. The fourth-order valence-corrected chi connectivity index (χ4v) is 5.99. The largest absolute Gasteiger partial charge is 0.377 e. The van der Waals surface area contributed by atoms with Crippen molar-refractivity contribution < 1.29 is 4.74 Å². The van der Waals surface area contributed by atoms with Crippen molar-refractivity contribution in [2.75, 3.05) is 31.2 Å². The number of hydrogen-bond donors (Lipinski definition) is 0. The zero-order chi connectivity index (χ0) is 20.7. The Hall–Kier alpha value is -2.09. The second-order valence-corrected chi connectivity index (χ2v) is 10.3. The van der Waals surface area contributed by atoms with Crippen molar-refractivity contribution in [3.8, 4) is 5.69 Å². The summed E-state index contributed by atoms with van der Waals surface area (Å²) in [5.41, 5.74) is 3.45. The zero-order valence-electron chi connectivity index (χ0n) is 17.7. The van der Waals surface area contributed by atoms with Gasteiger partial charge in [0, 0.05) is 30.6 Å². The molecule has 1 aromatic carbocycles. The lowest BCUT2D eigenvalue weighted by atomic mass is 9.78. The van der Waals surface area contributed by atoms with E-state index in [0.29, 0.717) is 18.1 Å². The summed E-state index contributed by atoms with van der Waals surface area (Å²) in [6.45, 7) is 6.12. The molecule has 31 heavy (non-hydrogen) atoms. The maximum absolute atomic E-state index is 6.82. The summed E-state index contributed by atoms with van der Waals surface area (Å²) < 4.78 is 9.63. The first-order chi connectivity index (χ1) is 15.1. The molecule has 7 nitrogen and oxygen atoms in total. The molecular weight excluding hydrogens is 412 g/mol. The SMILES string of the molecule is CC1(N2CCN(c3cc4c(cnn4-c4cnn(C5CC5)c4)cc3Cl)C3CC[C@@H]32)COC1. The molecule has 3 aromatic rings. The molecule has 4 fully saturated rings. The van der Waals surface area contributed by atoms with Gasteiger partial charge in [-0.3, -0.25) is 9.58 Å². The van der Waals surface area contributed by atoms with Gasteiger partial charge in [-0.05, 0) is 44.7 Å². The van der Waals surface area contributed by atoms with Crippen molar-refractivity contribution in [3.05, 3.63) is 35.7 Å². The molecule has 2 saturated carbocycles. The van der Waals surface area contributed by atoms with Gasteiger partial charge < -0.3 is 9.64 Å². The van der Waals surface area contributed by atoms with E-state index in [1.165, 1.54) is 25.7 Å². The van der Waals surface area contributed by atoms with Gasteiger partial charge in [-0.2, -0.15) is 10.2 Å². The van der Waals surface area contributed by atoms with Gasteiger partial charge in [-0.1, -0.05) is 11.6 Å². The number of anilines is 1. The van der Waals surface area contributed by atoms with Crippen LogP contribution in [0.4, 0.5) is 5.69 Å². The molecule has 0 spiro atoms. The molecule has 2 atom stereocenters. The maximum Gasteiger partial charge on any atom is 0.103 e. The third kappa shape index (κ3) is 2.73. The number of benzene rings is 1. The average Bonchev–Trinajstić information content (AvgIpc) is 3.30. The van der Waals surface area contributed by atoms with Crippen LogP contribution in [0.1, 0.15) is 38.6 Å². The van der Waals surface area contributed by atoms with Gasteiger partial charge in [0.25, 0.3) is 0 Å². The Kier molecular flexibility index (Phi) is 3.85. The summed E-state index contributed by atoms with van der Waals surface area (Å²) in [5, 5.41) is 11.1. The van der Waals surface area contributed by atoms with Crippen LogP contribution in [0, 0.1) is 0 Å². The summed E-state index contributed by atoms with van der Waals surface area (Å²) >= 11 is 6.82. The Morgan fingerprint density at radius 1 is 1.03 bits per heavy atom. The van der Waals surface area contributed by atoms with Crippen LogP contribution in [0.5, 0.6) is 0 Å². The minimum Gasteiger partial charge on any atom is -0.377 e. The standard InChI is InChI=1S/C23H27ClN6O/c1-23(13-31-14-23)28-7-6-27(19-4-5-20(19)28)22-9-21-15(8-18(22)24)10-26-30(21)17-11-25-29(12-17)16-2-3-16/h8-12,16,19-20H,2-7,13-14H2,1H3/t19?,20-/m0/s1. The Bertz CT molecular complexity index is 1160. The monoisotopic (exact) mass is 438 g/mol. The Labute approximate surface area is 186 Å². The lowest BCUT2D eigenvalue weighted by Crippen LogP contribution is -2.73. The Balaban J connectivity index is 1.23. The van der Waals surface area contributed by atoms with E-state index in [4.69, 9.17) is 16.3 Å². The van der Waals surface area contributed by atoms with Crippen LogP contribution in [0.3, 0.4) is 0 Å². The summed E-state index contributed by atoms with van der Waals surface area (Å²) in [5.74, 6) is 0. The van der Waals surface area contributed by atoms with E-state index in [-0.39, 0.29) is 5.54 Å². The Morgan fingerprint density at radius 2 is 1.87 bits per heavy atom. The molecule has 162 valence electrons. The van der Waals surface area contributed by atoms with Crippen molar-refractivity contribution in [2.45, 2.75) is 56.3 Å². The lowest BCUT2D eigenvalue weighted by molar-refractivity contribution is -0.161. The fraction of sp³-hybridized carbons (Fsp3) is 0.565. The quantitative estimate of drug-likeness (QED) is 0.622. The molecule has 4 aliphatic rings. The van der Waals surface area contributed by atoms with Gasteiger partial charge in [-0.25, -0.2) is 4.68 Å². The molecule has 4 heterocycles. The molecule has 2 saturated heterocycles. The van der Waals surface area contributed by atoms with E-state index >= 15 is 0 Å². The van der Waals surface area contributed by atoms with Crippen LogP contribution in [0.2, 0.25) is 5.02 Å². The highest BCUT2D eigenvalue weighted by Crippen LogP contribution is 2.44. The fourth-order valence-electron chi connectivity index (χ4n) is 5.71. The van der Waals surface area contributed by atoms with Crippen LogP contribution >= 0.6 is 11.6 Å². The highest BCUT2D eigenvalue weighted by atomic mass is 35.5. The molecule has 2 aromatic heterocycles. The van der Waals surface area contributed by atoms with E-state index in [1.54, 1.807) is 0 Å². The number of halogens is 1.